The van der Waals surface area contributed by atoms with Crippen molar-refractivity contribution in [2.45, 2.75) is 73.1 Å². The zero-order chi connectivity index (χ0) is 33.2. The third-order valence-electron chi connectivity index (χ3n) is 8.39. The van der Waals surface area contributed by atoms with Gasteiger partial charge in [0.2, 0.25) is 0 Å². The van der Waals surface area contributed by atoms with Gasteiger partial charge in [-0.25, -0.2) is 9.78 Å². The fourth-order valence-electron chi connectivity index (χ4n) is 5.83. The van der Waals surface area contributed by atoms with Gasteiger partial charge in [0, 0.05) is 56.9 Å². The molecular weight excluding hydrogens is 572 g/mol. The fourth-order valence-corrected chi connectivity index (χ4v) is 5.83. The highest BCUT2D eigenvalue weighted by Crippen LogP contribution is 2.36. The lowest BCUT2D eigenvalue weighted by Gasteiger charge is -2.08. The molecule has 10 nitrogen and oxygen atoms in total. The van der Waals surface area contributed by atoms with Crippen LogP contribution in [-0.2, 0) is 38.4 Å². The number of esters is 1. The molecule has 0 amide bonds. The van der Waals surface area contributed by atoms with Gasteiger partial charge in [-0.05, 0) is 74.1 Å². The number of carbonyl (C=O) groups excluding carboxylic acids is 1. The third-order valence-corrected chi connectivity index (χ3v) is 8.39. The summed E-state index contributed by atoms with van der Waals surface area (Å²) in [5, 5.41) is 17.6. The Balaban J connectivity index is 0.000000854. The molecule has 5 heterocycles. The molecule has 2 aliphatic rings. The number of allylic oxidation sites excluding steroid dienone is 1. The molecule has 236 valence electrons. The van der Waals surface area contributed by atoms with Crippen molar-refractivity contribution in [1.82, 2.24) is 19.9 Å². The normalized spacial score (nSPS) is 14.1. The van der Waals surface area contributed by atoms with Crippen LogP contribution in [0.4, 0.5) is 0 Å². The van der Waals surface area contributed by atoms with E-state index in [1.807, 2.05) is 25.1 Å². The Morgan fingerprint density at radius 1 is 0.956 bits per heavy atom. The number of aryl methyl sites for hydroxylation is 3. The number of aliphatic carboxylic acids is 2. The van der Waals surface area contributed by atoms with Crippen molar-refractivity contribution >= 4 is 57.2 Å². The number of H-pyrrole nitrogens is 2. The second-order valence-electron chi connectivity index (χ2n) is 11.3. The van der Waals surface area contributed by atoms with Gasteiger partial charge in [0.1, 0.15) is 0 Å². The van der Waals surface area contributed by atoms with Crippen LogP contribution < -0.4 is 0 Å². The molecule has 3 aromatic heterocycles. The summed E-state index contributed by atoms with van der Waals surface area (Å²) in [7, 11) is 1.32. The van der Waals surface area contributed by atoms with E-state index in [1.165, 1.54) is 7.11 Å². The van der Waals surface area contributed by atoms with Gasteiger partial charge < -0.3 is 24.9 Å². The van der Waals surface area contributed by atoms with Crippen LogP contribution >= 0.6 is 0 Å². The summed E-state index contributed by atoms with van der Waals surface area (Å²) in [6.07, 6.45) is 3.09. The summed E-state index contributed by atoms with van der Waals surface area (Å²) in [5.74, 6) is -2.28. The highest BCUT2D eigenvalue weighted by atomic mass is 16.5. The molecule has 0 aromatic carbocycles. The number of rotatable bonds is 6. The number of nitrogens with one attached hydrogen (secondary N) is 2. The smallest absolute Gasteiger partial charge is 0.340 e. The number of fused-ring (bicyclic) bond motifs is 8. The number of methoxy groups -OCH3 is 1. The molecule has 0 saturated carbocycles. The predicted octanol–water partition coefficient (Wildman–Crippen LogP) is 6.70. The number of hydrogen-bond donors (Lipinski definition) is 4. The van der Waals surface area contributed by atoms with Crippen LogP contribution in [0.25, 0.3) is 39.3 Å². The van der Waals surface area contributed by atoms with Gasteiger partial charge in [0.05, 0.1) is 30.5 Å². The number of carboxylic acids is 2. The Hall–Kier alpha value is -4.99. The van der Waals surface area contributed by atoms with E-state index in [-0.39, 0.29) is 24.3 Å². The van der Waals surface area contributed by atoms with E-state index >= 15 is 0 Å². The van der Waals surface area contributed by atoms with Crippen LogP contribution in [0.2, 0.25) is 0 Å². The lowest BCUT2D eigenvalue weighted by atomic mass is 9.97. The Bertz CT molecular complexity index is 1910. The van der Waals surface area contributed by atoms with Crippen LogP contribution in [0, 0.1) is 13.8 Å². The number of hydrogen-bond acceptors (Lipinski definition) is 6. The minimum Gasteiger partial charge on any atom is -0.481 e. The molecule has 1 unspecified atom stereocenters. The Morgan fingerprint density at radius 3 is 2.18 bits per heavy atom. The van der Waals surface area contributed by atoms with Crippen LogP contribution in [0.1, 0.15) is 90.6 Å². The van der Waals surface area contributed by atoms with Gasteiger partial charge >= 0.3 is 17.9 Å². The number of carbonyl (C=O) groups is 3. The zero-order valence-electron chi connectivity index (χ0n) is 26.8. The number of ether oxygens (including phenoxy) is 1. The topological polar surface area (TPSA) is 158 Å². The first-order valence-electron chi connectivity index (χ1n) is 15.0. The molecule has 5 rings (SSSR count). The van der Waals surface area contributed by atoms with Crippen LogP contribution in [0.3, 0.4) is 0 Å². The zero-order valence-corrected chi connectivity index (χ0v) is 26.8. The summed E-state index contributed by atoms with van der Waals surface area (Å²) >= 11 is 0. The summed E-state index contributed by atoms with van der Waals surface area (Å²) in [5.41, 5.74) is 11.7. The van der Waals surface area contributed by atoms with Crippen molar-refractivity contribution in [1.29, 1.82) is 0 Å². The average molecular weight is 613 g/mol. The van der Waals surface area contributed by atoms with E-state index in [0.717, 1.165) is 56.4 Å². The second kappa shape index (κ2) is 13.3. The summed E-state index contributed by atoms with van der Waals surface area (Å²) < 4.78 is 5.13. The highest BCUT2D eigenvalue weighted by Gasteiger charge is 2.30. The minimum atomic E-state index is -1.02. The Labute approximate surface area is 261 Å². The molecule has 45 heavy (non-hydrogen) atoms. The van der Waals surface area contributed by atoms with E-state index in [2.05, 4.69) is 50.3 Å². The van der Waals surface area contributed by atoms with Crippen molar-refractivity contribution < 1.29 is 29.3 Å². The van der Waals surface area contributed by atoms with Gasteiger partial charge in [0.25, 0.3) is 0 Å². The average Bonchev–Trinajstić information content (AvgIpc) is 3.70. The van der Waals surface area contributed by atoms with Crippen molar-refractivity contribution in [3.63, 3.8) is 0 Å². The number of carboxylic acid groups (broad SMARTS) is 2. The number of nitrogens with zero attached hydrogens (tertiary/aromatic N) is 2. The molecule has 3 aromatic rings. The van der Waals surface area contributed by atoms with E-state index in [0.29, 0.717) is 34.6 Å². The van der Waals surface area contributed by atoms with Crippen LogP contribution in [-0.4, -0.2) is 55.2 Å². The molecule has 0 spiro atoms. The SMILES string of the molecule is C=Cc1c(C)c2cc3nc(c(CC(=O)O)c4nc(cc5[nH]c(cc1[nH]2)c(C)c5CC)C(C)=C4C(=O)OC)CC3C.CCC(=O)O. The maximum atomic E-state index is 13.0. The first-order valence-corrected chi connectivity index (χ1v) is 15.0. The van der Waals surface area contributed by atoms with Crippen LogP contribution in [0.5, 0.6) is 0 Å². The number of aromatic amines is 2. The molecule has 1 atom stereocenters. The molecule has 10 heteroatoms. The fraction of sp³-hybridized carbons (Fsp3) is 0.343. The summed E-state index contributed by atoms with van der Waals surface area (Å²) in [6.45, 7) is 15.8. The van der Waals surface area contributed by atoms with Gasteiger partial charge in [-0.3, -0.25) is 14.6 Å². The lowest BCUT2D eigenvalue weighted by Crippen LogP contribution is -2.11. The minimum absolute atomic E-state index is 0.0420. The monoisotopic (exact) mass is 612 g/mol. The predicted molar refractivity (Wildman–Crippen MR) is 176 cm³/mol. The molecule has 0 fully saturated rings. The van der Waals surface area contributed by atoms with Gasteiger partial charge in [-0.15, -0.1) is 0 Å². The van der Waals surface area contributed by atoms with Crippen molar-refractivity contribution in [2.24, 2.45) is 0 Å². The standard InChI is InChI=1S/C32H34N4O4.C3H6O2/c1-8-19-16(4)23-12-22-15(3)10-26(33-22)21(11-29(37)38)31-30(32(39)40-7)18(6)25(36-31)14-28-20(9-2)17(5)24(35-28)13-27(19)34-23;1-2-3(4)5/h8,12-15,34-35H,1,9-11H2,2-7H3,(H,37,38);2H2,1H3,(H,4,5). The van der Waals surface area contributed by atoms with Gasteiger partial charge in [-0.1, -0.05) is 33.4 Å². The first kappa shape index (κ1) is 32.9. The summed E-state index contributed by atoms with van der Waals surface area (Å²) in [4.78, 5) is 51.4. The van der Waals surface area contributed by atoms with Crippen molar-refractivity contribution in [3.05, 3.63) is 75.4 Å². The van der Waals surface area contributed by atoms with Crippen molar-refractivity contribution in [3.8, 4) is 0 Å². The largest absolute Gasteiger partial charge is 0.481 e. The Morgan fingerprint density at radius 2 is 1.60 bits per heavy atom. The maximum absolute atomic E-state index is 13.0. The molecule has 0 saturated heterocycles. The van der Waals surface area contributed by atoms with Gasteiger partial charge in [0.15, 0.2) is 0 Å². The quantitative estimate of drug-likeness (QED) is 0.224. The van der Waals surface area contributed by atoms with Gasteiger partial charge in [-0.2, -0.15) is 0 Å². The molecule has 0 radical (unpaired) electrons. The second-order valence-corrected chi connectivity index (χ2v) is 11.3. The highest BCUT2D eigenvalue weighted by molar-refractivity contribution is 6.25. The molecule has 0 aliphatic carbocycles. The molecule has 8 bridgehead atoms. The summed E-state index contributed by atoms with van der Waals surface area (Å²) in [6, 6.07) is 6.06. The third kappa shape index (κ3) is 6.45. The maximum Gasteiger partial charge on any atom is 0.340 e. The van der Waals surface area contributed by atoms with E-state index in [1.54, 1.807) is 6.92 Å². The molecule has 4 N–H and O–H groups in total. The molecule has 2 aliphatic heterocycles. The lowest BCUT2D eigenvalue weighted by molar-refractivity contribution is -0.137. The Kier molecular flexibility index (Phi) is 9.75. The van der Waals surface area contributed by atoms with E-state index in [4.69, 9.17) is 19.8 Å². The van der Waals surface area contributed by atoms with E-state index < -0.39 is 17.9 Å². The van der Waals surface area contributed by atoms with Crippen molar-refractivity contribution in [2.75, 3.05) is 7.11 Å². The first-order chi connectivity index (χ1) is 21.3. The van der Waals surface area contributed by atoms with Crippen LogP contribution in [0.15, 0.2) is 24.8 Å². The van der Waals surface area contributed by atoms with E-state index in [9.17, 15) is 19.5 Å². The number of aromatic nitrogens is 4. The molecular formula is C35H40N4O6.